The third-order valence-electron chi connectivity index (χ3n) is 5.19. The van der Waals surface area contributed by atoms with E-state index in [1.54, 1.807) is 0 Å². The Morgan fingerprint density at radius 1 is 1.17 bits per heavy atom. The zero-order chi connectivity index (χ0) is 16.2. The number of aromatic nitrogens is 1. The minimum atomic E-state index is -0.111. The number of aliphatic hydroxyl groups excluding tert-OH is 1. The number of halogens is 1. The van der Waals surface area contributed by atoms with Crippen LogP contribution in [0, 0.1) is 5.92 Å². The number of piperidine rings is 1. The van der Waals surface area contributed by atoms with Crippen LogP contribution in [0.1, 0.15) is 51.0 Å². The van der Waals surface area contributed by atoms with E-state index in [1.165, 1.54) is 31.5 Å². The van der Waals surface area contributed by atoms with Gasteiger partial charge in [0.1, 0.15) is 10.4 Å². The predicted octanol–water partition coefficient (Wildman–Crippen LogP) is 3.79. The highest BCUT2D eigenvalue weighted by atomic mass is 79.9. The van der Waals surface area contributed by atoms with Crippen molar-refractivity contribution in [1.82, 2.24) is 9.88 Å². The summed E-state index contributed by atoms with van der Waals surface area (Å²) in [4.78, 5) is 7.12. The first-order valence-corrected chi connectivity index (χ1v) is 9.71. The van der Waals surface area contributed by atoms with Crippen molar-refractivity contribution in [3.8, 4) is 0 Å². The van der Waals surface area contributed by atoms with Crippen molar-refractivity contribution in [2.24, 2.45) is 5.92 Å². The molecule has 1 aliphatic heterocycles. The molecule has 2 N–H and O–H groups in total. The van der Waals surface area contributed by atoms with Crippen LogP contribution < -0.4 is 5.32 Å². The summed E-state index contributed by atoms with van der Waals surface area (Å²) in [5.74, 6) is 1.83. The standard InChI is InChI=1S/C18H28BrN3O/c1-13-6-8-22(9-7-13)12-14-10-17(19)21-18(11-14)20-15-2-4-16(23)5-3-15/h10-11,13,15-16,23H,2-9,12H2,1H3,(H,20,21). The summed E-state index contributed by atoms with van der Waals surface area (Å²) in [6.07, 6.45) is 6.34. The third-order valence-corrected chi connectivity index (χ3v) is 5.59. The van der Waals surface area contributed by atoms with Crippen LogP contribution in [0.4, 0.5) is 5.82 Å². The second-order valence-corrected chi connectivity index (χ2v) is 8.10. The van der Waals surface area contributed by atoms with Gasteiger partial charge in [-0.1, -0.05) is 6.92 Å². The Bertz CT molecular complexity index is 467. The molecule has 2 heterocycles. The molecule has 2 fully saturated rings. The van der Waals surface area contributed by atoms with Gasteiger partial charge in [0, 0.05) is 12.6 Å². The Balaban J connectivity index is 1.60. The lowest BCUT2D eigenvalue weighted by atomic mass is 9.93. The summed E-state index contributed by atoms with van der Waals surface area (Å²) < 4.78 is 0.902. The average Bonchev–Trinajstić information content (AvgIpc) is 2.51. The van der Waals surface area contributed by atoms with Gasteiger partial charge in [0.15, 0.2) is 0 Å². The van der Waals surface area contributed by atoms with Crippen LogP contribution in [0.15, 0.2) is 16.7 Å². The smallest absolute Gasteiger partial charge is 0.127 e. The molecule has 0 atom stereocenters. The van der Waals surface area contributed by atoms with Crippen molar-refractivity contribution in [1.29, 1.82) is 0 Å². The van der Waals surface area contributed by atoms with E-state index in [0.717, 1.165) is 48.6 Å². The molecule has 3 rings (SSSR count). The maximum absolute atomic E-state index is 9.63. The fraction of sp³-hybridized carbons (Fsp3) is 0.722. The molecule has 1 saturated heterocycles. The van der Waals surface area contributed by atoms with Crippen molar-refractivity contribution in [2.75, 3.05) is 18.4 Å². The Hall–Kier alpha value is -0.650. The summed E-state index contributed by atoms with van der Waals surface area (Å²) in [6.45, 7) is 5.75. The lowest BCUT2D eigenvalue weighted by Crippen LogP contribution is -2.32. The third kappa shape index (κ3) is 5.16. The van der Waals surface area contributed by atoms with E-state index in [2.05, 4.69) is 50.2 Å². The average molecular weight is 382 g/mol. The quantitative estimate of drug-likeness (QED) is 0.778. The highest BCUT2D eigenvalue weighted by Crippen LogP contribution is 2.24. The maximum atomic E-state index is 9.63. The molecule has 1 aromatic heterocycles. The first-order valence-electron chi connectivity index (χ1n) is 8.92. The van der Waals surface area contributed by atoms with Crippen molar-refractivity contribution >= 4 is 21.7 Å². The van der Waals surface area contributed by atoms with Gasteiger partial charge in [-0.3, -0.25) is 4.90 Å². The fourth-order valence-electron chi connectivity index (χ4n) is 3.62. The van der Waals surface area contributed by atoms with E-state index in [0.29, 0.717) is 6.04 Å². The lowest BCUT2D eigenvalue weighted by Gasteiger charge is -2.30. The number of pyridine rings is 1. The molecule has 1 saturated carbocycles. The van der Waals surface area contributed by atoms with Crippen LogP contribution in [0.3, 0.4) is 0 Å². The van der Waals surface area contributed by atoms with Gasteiger partial charge in [0.05, 0.1) is 6.10 Å². The SMILES string of the molecule is CC1CCN(Cc2cc(Br)nc(NC3CCC(O)CC3)c2)CC1. The van der Waals surface area contributed by atoms with Crippen molar-refractivity contribution < 1.29 is 5.11 Å². The molecular weight excluding hydrogens is 354 g/mol. The molecule has 2 aliphatic rings. The number of rotatable bonds is 4. The fourth-order valence-corrected chi connectivity index (χ4v) is 4.11. The van der Waals surface area contributed by atoms with Gasteiger partial charge in [-0.15, -0.1) is 0 Å². The molecule has 1 aromatic rings. The molecule has 1 aliphatic carbocycles. The molecule has 0 aromatic carbocycles. The van der Waals surface area contributed by atoms with E-state index < -0.39 is 0 Å². The zero-order valence-electron chi connectivity index (χ0n) is 14.0. The number of anilines is 1. The van der Waals surface area contributed by atoms with Crippen LogP contribution in [0.5, 0.6) is 0 Å². The van der Waals surface area contributed by atoms with Crippen LogP contribution in [-0.4, -0.2) is 40.2 Å². The summed E-state index contributed by atoms with van der Waals surface area (Å²) in [7, 11) is 0. The Morgan fingerprint density at radius 2 is 1.87 bits per heavy atom. The van der Waals surface area contributed by atoms with Gasteiger partial charge in [0.25, 0.3) is 0 Å². The summed E-state index contributed by atoms with van der Waals surface area (Å²) in [5, 5.41) is 13.2. The van der Waals surface area contributed by atoms with Crippen molar-refractivity contribution in [2.45, 2.75) is 64.1 Å². The lowest BCUT2D eigenvalue weighted by molar-refractivity contribution is 0.126. The van der Waals surface area contributed by atoms with E-state index in [1.807, 2.05) is 0 Å². The van der Waals surface area contributed by atoms with Crippen LogP contribution in [-0.2, 0) is 6.54 Å². The zero-order valence-corrected chi connectivity index (χ0v) is 15.6. The Labute approximate surface area is 147 Å². The first-order chi connectivity index (χ1) is 11.1. The molecule has 5 heteroatoms. The number of nitrogens with zero attached hydrogens (tertiary/aromatic N) is 2. The number of hydrogen-bond donors (Lipinski definition) is 2. The van der Waals surface area contributed by atoms with Crippen molar-refractivity contribution in [3.63, 3.8) is 0 Å². The largest absolute Gasteiger partial charge is 0.393 e. The molecular formula is C18H28BrN3O. The van der Waals surface area contributed by atoms with Gasteiger partial charge in [-0.05, 0) is 91.2 Å². The summed E-state index contributed by atoms with van der Waals surface area (Å²) >= 11 is 3.55. The van der Waals surface area contributed by atoms with Crippen LogP contribution >= 0.6 is 15.9 Å². The highest BCUT2D eigenvalue weighted by molar-refractivity contribution is 9.10. The minimum Gasteiger partial charge on any atom is -0.393 e. The van der Waals surface area contributed by atoms with E-state index >= 15 is 0 Å². The van der Waals surface area contributed by atoms with Crippen molar-refractivity contribution in [3.05, 3.63) is 22.3 Å². The topological polar surface area (TPSA) is 48.4 Å². The molecule has 23 heavy (non-hydrogen) atoms. The summed E-state index contributed by atoms with van der Waals surface area (Å²) in [5.41, 5.74) is 1.32. The van der Waals surface area contributed by atoms with E-state index in [9.17, 15) is 5.11 Å². The van der Waals surface area contributed by atoms with Crippen LogP contribution in [0.25, 0.3) is 0 Å². The molecule has 0 radical (unpaired) electrons. The Kier molecular flexibility index (Phi) is 5.94. The molecule has 0 bridgehead atoms. The van der Waals surface area contributed by atoms with Gasteiger partial charge in [-0.25, -0.2) is 4.98 Å². The molecule has 0 amide bonds. The van der Waals surface area contributed by atoms with Crippen LogP contribution in [0.2, 0.25) is 0 Å². The molecule has 0 spiro atoms. The Morgan fingerprint density at radius 3 is 2.57 bits per heavy atom. The molecule has 0 unspecified atom stereocenters. The summed E-state index contributed by atoms with van der Waals surface area (Å²) in [6, 6.07) is 4.76. The molecule has 128 valence electrons. The van der Waals surface area contributed by atoms with E-state index in [-0.39, 0.29) is 6.10 Å². The predicted molar refractivity (Wildman–Crippen MR) is 97.5 cm³/mol. The minimum absolute atomic E-state index is 0.111. The normalized spacial score (nSPS) is 27.1. The van der Waals surface area contributed by atoms with Gasteiger partial charge < -0.3 is 10.4 Å². The van der Waals surface area contributed by atoms with Gasteiger partial charge in [-0.2, -0.15) is 0 Å². The number of nitrogens with one attached hydrogen (secondary N) is 1. The van der Waals surface area contributed by atoms with Gasteiger partial charge >= 0.3 is 0 Å². The second kappa shape index (κ2) is 7.95. The van der Waals surface area contributed by atoms with E-state index in [4.69, 9.17) is 0 Å². The highest BCUT2D eigenvalue weighted by Gasteiger charge is 2.20. The van der Waals surface area contributed by atoms with Gasteiger partial charge in [0.2, 0.25) is 0 Å². The number of aliphatic hydroxyl groups is 1. The number of likely N-dealkylation sites (tertiary alicyclic amines) is 1. The first kappa shape index (κ1) is 17.2. The molecule has 4 nitrogen and oxygen atoms in total. The monoisotopic (exact) mass is 381 g/mol. The maximum Gasteiger partial charge on any atom is 0.127 e. The number of hydrogen-bond acceptors (Lipinski definition) is 4. The second-order valence-electron chi connectivity index (χ2n) is 7.29.